The van der Waals surface area contributed by atoms with Crippen LogP contribution in [0.3, 0.4) is 0 Å². The minimum atomic E-state index is -3.00. The van der Waals surface area contributed by atoms with Crippen molar-refractivity contribution in [3.8, 4) is 0 Å². The summed E-state index contributed by atoms with van der Waals surface area (Å²) >= 11 is 0. The molecule has 4 heteroatoms. The zero-order valence-electron chi connectivity index (χ0n) is 18.7. The Morgan fingerprint density at radius 1 is 0.679 bits per heavy atom. The Balaban J connectivity index is 1.84. The first-order valence-corrected chi connectivity index (χ1v) is 14.2. The van der Waals surface area contributed by atoms with Crippen LogP contribution in [0.1, 0.15) is 135 Å². The Hall–Kier alpha value is -0.0900. The summed E-state index contributed by atoms with van der Waals surface area (Å²) in [7, 11) is -3.00. The third kappa shape index (κ3) is 13.2. The molecule has 2 atom stereocenters. The van der Waals surface area contributed by atoms with E-state index in [0.717, 1.165) is 32.1 Å². The maximum atomic E-state index is 12.4. The molecular formula is C24H48O3S. The lowest BCUT2D eigenvalue weighted by Crippen LogP contribution is -2.32. The number of hydrogen-bond donors (Lipinski definition) is 1. The van der Waals surface area contributed by atoms with Gasteiger partial charge in [0.05, 0.1) is 17.1 Å². The monoisotopic (exact) mass is 416 g/mol. The molecule has 0 heterocycles. The molecular weight excluding hydrogens is 368 g/mol. The molecule has 28 heavy (non-hydrogen) atoms. The summed E-state index contributed by atoms with van der Waals surface area (Å²) in [6, 6.07) is 0. The summed E-state index contributed by atoms with van der Waals surface area (Å²) < 4.78 is 24.7. The summed E-state index contributed by atoms with van der Waals surface area (Å²) in [5, 5.41) is 9.41. The first kappa shape index (κ1) is 25.9. The molecule has 1 rings (SSSR count). The summed E-state index contributed by atoms with van der Waals surface area (Å²) in [5.41, 5.74) is 0. The fraction of sp³-hybridized carbons (Fsp3) is 1.00. The molecule has 0 radical (unpaired) electrons. The standard InChI is InChI=1S/C24H48O3S/c1-2-3-4-5-6-7-8-9-10-11-12-13-14-15-16-17-21-28(26,27)24-20-18-19-23(25)22-24/h23-25H,2-22H2,1H3. The van der Waals surface area contributed by atoms with Crippen molar-refractivity contribution >= 4 is 9.84 Å². The van der Waals surface area contributed by atoms with Crippen molar-refractivity contribution in [1.82, 2.24) is 0 Å². The highest BCUT2D eigenvalue weighted by Crippen LogP contribution is 2.25. The van der Waals surface area contributed by atoms with Gasteiger partial charge in [-0.3, -0.25) is 0 Å². The summed E-state index contributed by atoms with van der Waals surface area (Å²) in [4.78, 5) is 0. The topological polar surface area (TPSA) is 54.4 Å². The van der Waals surface area contributed by atoms with Crippen molar-refractivity contribution in [1.29, 1.82) is 0 Å². The molecule has 0 aromatic carbocycles. The summed E-state index contributed by atoms with van der Waals surface area (Å²) in [6.45, 7) is 2.27. The van der Waals surface area contributed by atoms with E-state index in [9.17, 15) is 13.5 Å². The number of aliphatic hydroxyl groups is 1. The highest BCUT2D eigenvalue weighted by atomic mass is 32.2. The average molecular weight is 417 g/mol. The van der Waals surface area contributed by atoms with Gasteiger partial charge in [-0.05, 0) is 32.1 Å². The van der Waals surface area contributed by atoms with E-state index in [-0.39, 0.29) is 5.25 Å². The van der Waals surface area contributed by atoms with Gasteiger partial charge in [-0.25, -0.2) is 8.42 Å². The Kier molecular flexibility index (Phi) is 15.5. The van der Waals surface area contributed by atoms with Gasteiger partial charge in [-0.2, -0.15) is 0 Å². The molecule has 1 aliphatic carbocycles. The number of rotatable bonds is 18. The van der Waals surface area contributed by atoms with Gasteiger partial charge in [-0.1, -0.05) is 103 Å². The van der Waals surface area contributed by atoms with Gasteiger partial charge >= 0.3 is 0 Å². The van der Waals surface area contributed by atoms with Gasteiger partial charge in [0.2, 0.25) is 0 Å². The fourth-order valence-electron chi connectivity index (χ4n) is 4.46. The first-order chi connectivity index (χ1) is 13.6. The molecule has 0 aromatic heterocycles. The van der Waals surface area contributed by atoms with Crippen LogP contribution in [0.2, 0.25) is 0 Å². The van der Waals surface area contributed by atoms with Gasteiger partial charge in [0, 0.05) is 0 Å². The van der Waals surface area contributed by atoms with Crippen molar-refractivity contribution in [2.75, 3.05) is 5.75 Å². The lowest BCUT2D eigenvalue weighted by atomic mass is 9.97. The second-order valence-electron chi connectivity index (χ2n) is 9.11. The third-order valence-electron chi connectivity index (χ3n) is 6.39. The molecule has 0 aromatic rings. The largest absolute Gasteiger partial charge is 0.393 e. The van der Waals surface area contributed by atoms with E-state index in [4.69, 9.17) is 0 Å². The van der Waals surface area contributed by atoms with Crippen LogP contribution in [0.5, 0.6) is 0 Å². The van der Waals surface area contributed by atoms with Crippen LogP contribution in [-0.2, 0) is 9.84 Å². The van der Waals surface area contributed by atoms with Crippen molar-refractivity contribution < 1.29 is 13.5 Å². The normalized spacial score (nSPS) is 20.5. The van der Waals surface area contributed by atoms with Gasteiger partial charge < -0.3 is 5.11 Å². The van der Waals surface area contributed by atoms with Crippen LogP contribution in [-0.4, -0.2) is 30.6 Å². The second kappa shape index (κ2) is 16.7. The van der Waals surface area contributed by atoms with Crippen LogP contribution < -0.4 is 0 Å². The lowest BCUT2D eigenvalue weighted by molar-refractivity contribution is 0.131. The van der Waals surface area contributed by atoms with Crippen LogP contribution in [0.15, 0.2) is 0 Å². The highest BCUT2D eigenvalue weighted by molar-refractivity contribution is 7.92. The molecule has 0 aliphatic heterocycles. The predicted molar refractivity (Wildman–Crippen MR) is 122 cm³/mol. The molecule has 0 bridgehead atoms. The van der Waals surface area contributed by atoms with Crippen LogP contribution in [0.4, 0.5) is 0 Å². The number of sulfone groups is 1. The van der Waals surface area contributed by atoms with E-state index in [1.165, 1.54) is 89.9 Å². The predicted octanol–water partition coefficient (Wildman–Crippen LogP) is 6.97. The molecule has 168 valence electrons. The Labute approximate surface area is 176 Å². The molecule has 1 fully saturated rings. The quantitative estimate of drug-likeness (QED) is 0.245. The maximum Gasteiger partial charge on any atom is 0.153 e. The van der Waals surface area contributed by atoms with E-state index < -0.39 is 15.9 Å². The van der Waals surface area contributed by atoms with E-state index in [0.29, 0.717) is 12.2 Å². The number of unbranched alkanes of at least 4 members (excludes halogenated alkanes) is 15. The molecule has 0 spiro atoms. The fourth-order valence-corrected chi connectivity index (χ4v) is 6.45. The summed E-state index contributed by atoms with van der Waals surface area (Å²) in [6.07, 6.45) is 23.3. The van der Waals surface area contributed by atoms with Crippen molar-refractivity contribution in [3.05, 3.63) is 0 Å². The Morgan fingerprint density at radius 2 is 1.11 bits per heavy atom. The second-order valence-corrected chi connectivity index (χ2v) is 11.5. The van der Waals surface area contributed by atoms with Crippen LogP contribution in [0, 0.1) is 0 Å². The molecule has 1 aliphatic rings. The van der Waals surface area contributed by atoms with Crippen LogP contribution >= 0.6 is 0 Å². The maximum absolute atomic E-state index is 12.4. The van der Waals surface area contributed by atoms with Gasteiger partial charge in [-0.15, -0.1) is 0 Å². The molecule has 1 N–H and O–H groups in total. The number of aliphatic hydroxyl groups excluding tert-OH is 1. The minimum Gasteiger partial charge on any atom is -0.393 e. The molecule has 2 unspecified atom stereocenters. The smallest absolute Gasteiger partial charge is 0.153 e. The number of hydrogen-bond acceptors (Lipinski definition) is 3. The molecule has 1 saturated carbocycles. The average Bonchev–Trinajstić information content (AvgIpc) is 2.67. The molecule has 3 nitrogen and oxygen atoms in total. The highest BCUT2D eigenvalue weighted by Gasteiger charge is 2.30. The third-order valence-corrected chi connectivity index (χ3v) is 8.69. The van der Waals surface area contributed by atoms with Crippen molar-refractivity contribution in [2.24, 2.45) is 0 Å². The minimum absolute atomic E-state index is 0.285. The SMILES string of the molecule is CCCCCCCCCCCCCCCCCCS(=O)(=O)C1CCCC(O)C1. The van der Waals surface area contributed by atoms with Crippen molar-refractivity contribution in [3.63, 3.8) is 0 Å². The zero-order chi connectivity index (χ0) is 20.5. The van der Waals surface area contributed by atoms with Gasteiger partial charge in [0.15, 0.2) is 9.84 Å². The lowest BCUT2D eigenvalue weighted by Gasteiger charge is -2.25. The van der Waals surface area contributed by atoms with Crippen molar-refractivity contribution in [2.45, 2.75) is 147 Å². The van der Waals surface area contributed by atoms with E-state index in [1.807, 2.05) is 0 Å². The zero-order valence-corrected chi connectivity index (χ0v) is 19.5. The Bertz CT molecular complexity index is 447. The van der Waals surface area contributed by atoms with E-state index in [1.54, 1.807) is 0 Å². The first-order valence-electron chi connectivity index (χ1n) is 12.5. The van der Waals surface area contributed by atoms with Crippen LogP contribution in [0.25, 0.3) is 0 Å². The molecule has 0 saturated heterocycles. The van der Waals surface area contributed by atoms with E-state index in [2.05, 4.69) is 6.92 Å². The molecule has 0 amide bonds. The van der Waals surface area contributed by atoms with E-state index >= 15 is 0 Å². The Morgan fingerprint density at radius 3 is 1.54 bits per heavy atom. The van der Waals surface area contributed by atoms with Gasteiger partial charge in [0.1, 0.15) is 0 Å². The summed E-state index contributed by atoms with van der Waals surface area (Å²) in [5.74, 6) is 0.322. The van der Waals surface area contributed by atoms with Gasteiger partial charge in [0.25, 0.3) is 0 Å².